The van der Waals surface area contributed by atoms with Gasteiger partial charge in [-0.2, -0.15) is 0 Å². The topological polar surface area (TPSA) is 72.8 Å². The molecule has 1 aromatic rings. The second-order valence-corrected chi connectivity index (χ2v) is 19.1. The summed E-state index contributed by atoms with van der Waals surface area (Å²) in [5.74, 6) is -0.394. The minimum absolute atomic E-state index is 0.0435. The van der Waals surface area contributed by atoms with E-state index in [1.807, 2.05) is 32.0 Å². The largest absolute Gasteiger partial charge is 0.458 e. The van der Waals surface area contributed by atoms with Crippen molar-refractivity contribution in [3.05, 3.63) is 35.9 Å². The van der Waals surface area contributed by atoms with Crippen LogP contribution in [0.5, 0.6) is 0 Å². The van der Waals surface area contributed by atoms with Crippen LogP contribution in [0.25, 0.3) is 0 Å². The SMILES string of the molecule is CC1(C)C2CCC1(O)C(=O)C[C@H]1[C@@H](O[Si](C)(C)C(C)(C)C)CCC[C@@]1(C)[C@H](OC(=O)c1ccccc1)C2. The number of ketones is 1. The molecule has 6 atom stereocenters. The van der Waals surface area contributed by atoms with E-state index in [1.165, 1.54) is 0 Å². The second-order valence-electron chi connectivity index (χ2n) is 14.4. The molecule has 2 unspecified atom stereocenters. The normalized spacial score (nSPS) is 36.2. The van der Waals surface area contributed by atoms with Gasteiger partial charge in [-0.15, -0.1) is 0 Å². The molecule has 1 aromatic carbocycles. The van der Waals surface area contributed by atoms with E-state index in [2.05, 4.69) is 40.8 Å². The molecule has 0 heterocycles. The van der Waals surface area contributed by atoms with E-state index in [9.17, 15) is 14.7 Å². The number of hydrogen-bond acceptors (Lipinski definition) is 5. The van der Waals surface area contributed by atoms with Gasteiger partial charge in [0.1, 0.15) is 11.7 Å². The van der Waals surface area contributed by atoms with Gasteiger partial charge in [0.15, 0.2) is 14.1 Å². The Morgan fingerprint density at radius 1 is 1.05 bits per heavy atom. The Morgan fingerprint density at radius 3 is 2.32 bits per heavy atom. The van der Waals surface area contributed by atoms with Crippen LogP contribution in [-0.2, 0) is 14.0 Å². The quantitative estimate of drug-likeness (QED) is 0.338. The molecule has 3 saturated carbocycles. The number of ether oxygens (including phenoxy) is 1. The number of benzene rings is 1. The van der Waals surface area contributed by atoms with E-state index in [4.69, 9.17) is 9.16 Å². The lowest BCUT2D eigenvalue weighted by molar-refractivity contribution is -0.152. The zero-order valence-corrected chi connectivity index (χ0v) is 25.2. The molecule has 4 rings (SSSR count). The second kappa shape index (κ2) is 9.60. The lowest BCUT2D eigenvalue weighted by atomic mass is 9.60. The lowest BCUT2D eigenvalue weighted by Gasteiger charge is -2.52. The number of carbonyl (C=O) groups is 2. The summed E-state index contributed by atoms with van der Waals surface area (Å²) >= 11 is 0. The fraction of sp³-hybridized carbons (Fsp3) is 0.742. The summed E-state index contributed by atoms with van der Waals surface area (Å²) in [6.07, 6.45) is 4.45. The summed E-state index contributed by atoms with van der Waals surface area (Å²) in [4.78, 5) is 27.4. The first-order valence-electron chi connectivity index (χ1n) is 14.2. The summed E-state index contributed by atoms with van der Waals surface area (Å²) in [6, 6.07) is 9.19. The Labute approximate surface area is 224 Å². The highest BCUT2D eigenvalue weighted by atomic mass is 28.4. The summed E-state index contributed by atoms with van der Waals surface area (Å²) in [6.45, 7) is 17.5. The Hall–Kier alpha value is -1.50. The molecular formula is C31H48O5Si. The van der Waals surface area contributed by atoms with Gasteiger partial charge in [0.05, 0.1) is 5.56 Å². The molecule has 3 fully saturated rings. The number of rotatable bonds is 4. The van der Waals surface area contributed by atoms with Crippen LogP contribution >= 0.6 is 0 Å². The van der Waals surface area contributed by atoms with E-state index >= 15 is 0 Å². The van der Waals surface area contributed by atoms with Crippen molar-refractivity contribution in [3.63, 3.8) is 0 Å². The average molecular weight is 529 g/mol. The molecule has 37 heavy (non-hydrogen) atoms. The Morgan fingerprint density at radius 2 is 1.70 bits per heavy atom. The Balaban J connectivity index is 1.77. The maximum absolute atomic E-state index is 14.0. The monoisotopic (exact) mass is 528 g/mol. The third-order valence-corrected chi connectivity index (χ3v) is 15.6. The van der Waals surface area contributed by atoms with Crippen molar-refractivity contribution in [2.75, 3.05) is 0 Å². The van der Waals surface area contributed by atoms with E-state index in [0.717, 1.165) is 25.7 Å². The van der Waals surface area contributed by atoms with Gasteiger partial charge in [-0.05, 0) is 74.2 Å². The first-order valence-corrected chi connectivity index (χ1v) is 17.1. The molecule has 0 spiro atoms. The molecule has 0 radical (unpaired) electrons. The molecule has 5 nitrogen and oxygen atoms in total. The predicted molar refractivity (Wildman–Crippen MR) is 149 cm³/mol. The van der Waals surface area contributed by atoms with Crippen molar-refractivity contribution in [1.29, 1.82) is 0 Å². The predicted octanol–water partition coefficient (Wildman–Crippen LogP) is 6.94. The summed E-state index contributed by atoms with van der Waals surface area (Å²) in [5.41, 5.74) is -1.80. The molecule has 0 saturated heterocycles. The van der Waals surface area contributed by atoms with Crippen LogP contribution in [0.4, 0.5) is 0 Å². The van der Waals surface area contributed by atoms with Gasteiger partial charge >= 0.3 is 5.97 Å². The van der Waals surface area contributed by atoms with E-state index in [0.29, 0.717) is 18.4 Å². The maximum Gasteiger partial charge on any atom is 0.338 e. The molecule has 1 N–H and O–H groups in total. The summed E-state index contributed by atoms with van der Waals surface area (Å²) in [5, 5.41) is 11.9. The number of fused-ring (bicyclic) bond motifs is 3. The zero-order valence-electron chi connectivity index (χ0n) is 24.2. The Bertz CT molecular complexity index is 1010. The number of esters is 1. The van der Waals surface area contributed by atoms with Gasteiger partial charge < -0.3 is 14.3 Å². The van der Waals surface area contributed by atoms with Gasteiger partial charge in [0.25, 0.3) is 0 Å². The van der Waals surface area contributed by atoms with Crippen LogP contribution in [0.1, 0.15) is 96.8 Å². The van der Waals surface area contributed by atoms with Crippen molar-refractivity contribution < 1.29 is 23.9 Å². The van der Waals surface area contributed by atoms with Crippen LogP contribution in [0.15, 0.2) is 30.3 Å². The number of carbonyl (C=O) groups excluding carboxylic acids is 2. The fourth-order valence-electron chi connectivity index (χ4n) is 7.12. The number of Topliss-reactive ketones (excluding diaryl/α,β-unsaturated/α-hetero) is 1. The number of hydrogen-bond donors (Lipinski definition) is 1. The molecule has 206 valence electrons. The molecular weight excluding hydrogens is 480 g/mol. The molecule has 0 amide bonds. The maximum atomic E-state index is 14.0. The highest BCUT2D eigenvalue weighted by Gasteiger charge is 2.63. The van der Waals surface area contributed by atoms with Gasteiger partial charge in [-0.1, -0.05) is 66.2 Å². The highest BCUT2D eigenvalue weighted by Crippen LogP contribution is 2.59. The Kier molecular flexibility index (Phi) is 7.40. The first kappa shape index (κ1) is 28.5. The first-order chi connectivity index (χ1) is 17.0. The van der Waals surface area contributed by atoms with Gasteiger partial charge in [0.2, 0.25) is 0 Å². The van der Waals surface area contributed by atoms with Gasteiger partial charge in [-0.25, -0.2) is 4.79 Å². The van der Waals surface area contributed by atoms with Crippen molar-refractivity contribution in [3.8, 4) is 0 Å². The molecule has 2 bridgehead atoms. The molecule has 0 aromatic heterocycles. The highest BCUT2D eigenvalue weighted by molar-refractivity contribution is 6.74. The van der Waals surface area contributed by atoms with Crippen molar-refractivity contribution in [2.24, 2.45) is 22.7 Å². The lowest BCUT2D eigenvalue weighted by Crippen LogP contribution is -2.55. The third kappa shape index (κ3) is 4.87. The molecule has 6 heteroatoms. The molecule has 0 aliphatic heterocycles. The average Bonchev–Trinajstić information content (AvgIpc) is 3.04. The fourth-order valence-corrected chi connectivity index (χ4v) is 8.51. The van der Waals surface area contributed by atoms with Crippen molar-refractivity contribution in [1.82, 2.24) is 0 Å². The van der Waals surface area contributed by atoms with E-state index < -0.39 is 24.7 Å². The molecule has 3 aliphatic rings. The minimum Gasteiger partial charge on any atom is -0.458 e. The van der Waals surface area contributed by atoms with Crippen LogP contribution in [0.3, 0.4) is 0 Å². The summed E-state index contributed by atoms with van der Waals surface area (Å²) in [7, 11) is -2.12. The smallest absolute Gasteiger partial charge is 0.338 e. The van der Waals surface area contributed by atoms with Gasteiger partial charge in [0, 0.05) is 23.4 Å². The third-order valence-electron chi connectivity index (χ3n) is 11.1. The van der Waals surface area contributed by atoms with Crippen LogP contribution in [0, 0.1) is 22.7 Å². The van der Waals surface area contributed by atoms with Crippen molar-refractivity contribution in [2.45, 2.75) is 122 Å². The van der Waals surface area contributed by atoms with Crippen LogP contribution < -0.4 is 0 Å². The van der Waals surface area contributed by atoms with E-state index in [1.54, 1.807) is 12.1 Å². The molecule has 3 aliphatic carbocycles. The van der Waals surface area contributed by atoms with E-state index in [-0.39, 0.29) is 47.3 Å². The van der Waals surface area contributed by atoms with Crippen LogP contribution in [0.2, 0.25) is 18.1 Å². The van der Waals surface area contributed by atoms with Crippen molar-refractivity contribution >= 4 is 20.1 Å². The standard InChI is InChI=1S/C31H48O5Si/c1-28(2,3)37(7,8)36-24-15-12-17-30(6)23(24)20-25(32)31(34)18-16-22(29(31,4)5)19-26(30)35-27(33)21-13-10-9-11-14-21/h9-11,13-14,22-24,26,34H,12,15-20H2,1-8H3/t22?,23-,24-,26+,30+,31?/m0/s1. The van der Waals surface area contributed by atoms with Gasteiger partial charge in [-0.3, -0.25) is 4.79 Å². The minimum atomic E-state index is -2.12. The van der Waals surface area contributed by atoms with Crippen LogP contribution in [-0.4, -0.2) is 43.0 Å². The zero-order chi connectivity index (χ0) is 27.4. The summed E-state index contributed by atoms with van der Waals surface area (Å²) < 4.78 is 13.5. The number of aliphatic hydroxyl groups is 1.